The predicted octanol–water partition coefficient (Wildman–Crippen LogP) is 0.00800. The lowest BCUT2D eigenvalue weighted by Gasteiger charge is -2.09. The Morgan fingerprint density at radius 3 is 2.30 bits per heavy atom. The topological polar surface area (TPSA) is 70.8 Å². The van der Waals surface area contributed by atoms with Crippen LogP contribution in [0.2, 0.25) is 0 Å². The van der Waals surface area contributed by atoms with Crippen LogP contribution in [-0.4, -0.2) is 26.7 Å². The molecule has 5 nitrogen and oxygen atoms in total. The van der Waals surface area contributed by atoms with Gasteiger partial charge in [-0.1, -0.05) is 0 Å². The molecule has 0 fully saturated rings. The zero-order chi connectivity index (χ0) is 7.98. The fourth-order valence-electron chi connectivity index (χ4n) is 0.269. The molecule has 0 atom stereocenters. The van der Waals surface area contributed by atoms with Crippen molar-refractivity contribution < 1.29 is 18.4 Å². The van der Waals surface area contributed by atoms with Gasteiger partial charge in [-0.05, 0) is 0 Å². The van der Waals surface area contributed by atoms with E-state index in [1.54, 1.807) is 0 Å². The second-order valence-corrected chi connectivity index (χ2v) is 2.62. The van der Waals surface area contributed by atoms with Gasteiger partial charge in [-0.3, -0.25) is 4.79 Å². The molecule has 0 aromatic heterocycles. The zero-order valence-corrected chi connectivity index (χ0v) is 6.76. The Kier molecular flexibility index (Phi) is 5.43. The average Bonchev–Trinajstić information content (AvgIpc) is 1.99. The SMILES string of the molecule is COP(OC)OC(=O)CN. The van der Waals surface area contributed by atoms with Crippen molar-refractivity contribution in [3.05, 3.63) is 0 Å². The number of carbonyl (C=O) groups is 1. The summed E-state index contributed by atoms with van der Waals surface area (Å²) in [6, 6.07) is 0. The normalized spacial score (nSPS) is 10.0. The van der Waals surface area contributed by atoms with Crippen molar-refractivity contribution in [2.75, 3.05) is 20.8 Å². The molecule has 0 radical (unpaired) electrons. The molecule has 0 amide bonds. The summed E-state index contributed by atoms with van der Waals surface area (Å²) in [5.41, 5.74) is 4.95. The van der Waals surface area contributed by atoms with E-state index in [1.165, 1.54) is 14.2 Å². The van der Waals surface area contributed by atoms with Crippen molar-refractivity contribution in [1.29, 1.82) is 0 Å². The highest BCUT2D eigenvalue weighted by atomic mass is 31.2. The summed E-state index contributed by atoms with van der Waals surface area (Å²) in [6.07, 6.45) is 0. The Morgan fingerprint density at radius 2 is 2.00 bits per heavy atom. The van der Waals surface area contributed by atoms with Crippen molar-refractivity contribution >= 4 is 14.6 Å². The van der Waals surface area contributed by atoms with Crippen LogP contribution in [0.4, 0.5) is 0 Å². The van der Waals surface area contributed by atoms with Gasteiger partial charge in [-0.2, -0.15) is 0 Å². The molecule has 0 aliphatic rings. The van der Waals surface area contributed by atoms with Crippen molar-refractivity contribution in [1.82, 2.24) is 0 Å². The smallest absolute Gasteiger partial charge is 0.393 e. The molecule has 0 rings (SSSR count). The first-order valence-electron chi connectivity index (χ1n) is 2.53. The number of hydrogen-bond acceptors (Lipinski definition) is 5. The quantitative estimate of drug-likeness (QED) is 0.597. The van der Waals surface area contributed by atoms with E-state index in [9.17, 15) is 4.79 Å². The summed E-state index contributed by atoms with van der Waals surface area (Å²) in [6.45, 7) is -0.161. The van der Waals surface area contributed by atoms with Crippen LogP contribution >= 0.6 is 8.60 Å². The van der Waals surface area contributed by atoms with Crippen molar-refractivity contribution in [2.45, 2.75) is 0 Å². The predicted molar refractivity (Wildman–Crippen MR) is 36.1 cm³/mol. The van der Waals surface area contributed by atoms with Crippen molar-refractivity contribution in [3.8, 4) is 0 Å². The van der Waals surface area contributed by atoms with Gasteiger partial charge in [0.15, 0.2) is 0 Å². The van der Waals surface area contributed by atoms with E-state index in [4.69, 9.17) is 5.73 Å². The van der Waals surface area contributed by atoms with Crippen LogP contribution in [-0.2, 0) is 18.4 Å². The van der Waals surface area contributed by atoms with E-state index in [2.05, 4.69) is 13.6 Å². The molecule has 0 aliphatic carbocycles. The molecule has 0 saturated carbocycles. The van der Waals surface area contributed by atoms with E-state index >= 15 is 0 Å². The van der Waals surface area contributed by atoms with Crippen molar-refractivity contribution in [3.63, 3.8) is 0 Å². The van der Waals surface area contributed by atoms with Crippen molar-refractivity contribution in [2.24, 2.45) is 5.73 Å². The minimum absolute atomic E-state index is 0.161. The fourth-order valence-corrected chi connectivity index (χ4v) is 0.808. The Morgan fingerprint density at radius 1 is 1.50 bits per heavy atom. The third-order valence-corrected chi connectivity index (χ3v) is 1.59. The van der Waals surface area contributed by atoms with Crippen LogP contribution in [0.3, 0.4) is 0 Å². The first kappa shape index (κ1) is 9.78. The maximum atomic E-state index is 10.4. The minimum Gasteiger partial charge on any atom is -0.393 e. The van der Waals surface area contributed by atoms with E-state index in [1.807, 2.05) is 0 Å². The Hall–Kier alpha value is -0.220. The van der Waals surface area contributed by atoms with Gasteiger partial charge >= 0.3 is 14.6 Å². The lowest BCUT2D eigenvalue weighted by molar-refractivity contribution is -0.133. The molecule has 0 heterocycles. The zero-order valence-electron chi connectivity index (χ0n) is 5.86. The van der Waals surface area contributed by atoms with Crippen LogP contribution in [0.25, 0.3) is 0 Å². The summed E-state index contributed by atoms with van der Waals surface area (Å²) in [5.74, 6) is -0.533. The number of hydrogen-bond donors (Lipinski definition) is 1. The van der Waals surface area contributed by atoms with Gasteiger partial charge in [-0.15, -0.1) is 0 Å². The summed E-state index contributed by atoms with van der Waals surface area (Å²) >= 11 is 0. The third-order valence-electron chi connectivity index (χ3n) is 0.641. The molecule has 0 spiro atoms. The molecule has 0 aliphatic heterocycles. The monoisotopic (exact) mass is 167 g/mol. The van der Waals surface area contributed by atoms with E-state index in [0.717, 1.165) is 0 Å². The summed E-state index contributed by atoms with van der Waals surface area (Å²) in [7, 11) is 1.24. The maximum absolute atomic E-state index is 10.4. The molecule has 0 aromatic carbocycles. The first-order valence-corrected chi connectivity index (χ1v) is 3.63. The molecular formula is C4H10NO4P. The summed E-state index contributed by atoms with van der Waals surface area (Å²) in [4.78, 5) is 10.4. The number of carbonyl (C=O) groups excluding carboxylic acids is 1. The van der Waals surface area contributed by atoms with Gasteiger partial charge in [0, 0.05) is 14.2 Å². The second kappa shape index (κ2) is 5.56. The highest BCUT2D eigenvalue weighted by molar-refractivity contribution is 7.42. The van der Waals surface area contributed by atoms with E-state index in [-0.39, 0.29) is 6.54 Å². The summed E-state index contributed by atoms with van der Waals surface area (Å²) < 4.78 is 13.8. The Bertz CT molecular complexity index is 105. The third kappa shape index (κ3) is 3.74. The highest BCUT2D eigenvalue weighted by Crippen LogP contribution is 2.36. The molecule has 0 unspecified atom stereocenters. The molecule has 0 saturated heterocycles. The molecular weight excluding hydrogens is 157 g/mol. The molecule has 10 heavy (non-hydrogen) atoms. The van der Waals surface area contributed by atoms with Gasteiger partial charge in [-0.25, -0.2) is 0 Å². The van der Waals surface area contributed by atoms with Gasteiger partial charge in [0.1, 0.15) is 0 Å². The van der Waals surface area contributed by atoms with Crippen LogP contribution in [0.1, 0.15) is 0 Å². The van der Waals surface area contributed by atoms with E-state index < -0.39 is 14.6 Å². The molecule has 0 aromatic rings. The fraction of sp³-hybridized carbons (Fsp3) is 0.750. The van der Waals surface area contributed by atoms with Crippen LogP contribution in [0, 0.1) is 0 Å². The Balaban J connectivity index is 3.52. The number of rotatable bonds is 4. The van der Waals surface area contributed by atoms with Gasteiger partial charge in [0.2, 0.25) is 0 Å². The first-order chi connectivity index (χ1) is 4.74. The standard InChI is InChI=1S/C4H10NO4P/c1-7-10(8-2)9-4(6)3-5/h3,5H2,1-2H3. The van der Waals surface area contributed by atoms with Gasteiger partial charge in [0.25, 0.3) is 0 Å². The van der Waals surface area contributed by atoms with Crippen LogP contribution in [0.15, 0.2) is 0 Å². The Labute approximate surface area is 60.4 Å². The van der Waals surface area contributed by atoms with Gasteiger partial charge in [0.05, 0.1) is 6.54 Å². The second-order valence-electron chi connectivity index (χ2n) is 1.26. The largest absolute Gasteiger partial charge is 0.398 e. The van der Waals surface area contributed by atoms with Crippen LogP contribution < -0.4 is 5.73 Å². The maximum Gasteiger partial charge on any atom is 0.398 e. The minimum atomic E-state index is -1.53. The lowest BCUT2D eigenvalue weighted by Crippen LogP contribution is -2.14. The number of nitrogens with two attached hydrogens (primary N) is 1. The lowest BCUT2D eigenvalue weighted by atomic mass is 10.7. The summed E-state index contributed by atoms with van der Waals surface area (Å²) in [5, 5.41) is 0. The molecule has 6 heteroatoms. The molecule has 60 valence electrons. The average molecular weight is 167 g/mol. The van der Waals surface area contributed by atoms with E-state index in [0.29, 0.717) is 0 Å². The molecule has 0 bridgehead atoms. The van der Waals surface area contributed by atoms with Crippen LogP contribution in [0.5, 0.6) is 0 Å². The highest BCUT2D eigenvalue weighted by Gasteiger charge is 2.12. The van der Waals surface area contributed by atoms with Gasteiger partial charge < -0.3 is 19.3 Å². The molecule has 2 N–H and O–H groups in total.